The van der Waals surface area contributed by atoms with Crippen molar-refractivity contribution in [1.29, 1.82) is 0 Å². The van der Waals surface area contributed by atoms with E-state index in [4.69, 9.17) is 4.42 Å². The molecule has 0 aliphatic heterocycles. The molecular formula is C27H26FN3O2. The Kier molecular flexibility index (Phi) is 5.58. The number of amides is 1. The van der Waals surface area contributed by atoms with Gasteiger partial charge in [-0.2, -0.15) is 0 Å². The van der Waals surface area contributed by atoms with Gasteiger partial charge in [-0.1, -0.05) is 25.0 Å². The van der Waals surface area contributed by atoms with E-state index >= 15 is 0 Å². The average Bonchev–Trinajstić information content (AvgIpc) is 3.56. The van der Waals surface area contributed by atoms with Crippen LogP contribution in [0, 0.1) is 19.7 Å². The normalized spacial score (nSPS) is 14.0. The molecule has 4 aromatic rings. The second-order valence-electron chi connectivity index (χ2n) is 8.73. The summed E-state index contributed by atoms with van der Waals surface area (Å²) in [4.78, 5) is 17.6. The molecule has 0 bridgehead atoms. The van der Waals surface area contributed by atoms with Gasteiger partial charge in [0.05, 0.1) is 12.0 Å². The number of hydrogen-bond acceptors (Lipinski definition) is 3. The van der Waals surface area contributed by atoms with Crippen molar-refractivity contribution >= 4 is 11.6 Å². The molecule has 0 atom stereocenters. The Morgan fingerprint density at radius 1 is 1.06 bits per heavy atom. The maximum atomic E-state index is 13.5. The van der Waals surface area contributed by atoms with Gasteiger partial charge in [-0.25, -0.2) is 9.37 Å². The maximum absolute atomic E-state index is 13.5. The lowest BCUT2D eigenvalue weighted by molar-refractivity contribution is 0.0997. The van der Waals surface area contributed by atoms with E-state index in [1.54, 1.807) is 18.2 Å². The van der Waals surface area contributed by atoms with Crippen LogP contribution in [0.4, 0.5) is 10.1 Å². The summed E-state index contributed by atoms with van der Waals surface area (Å²) in [5.41, 5.74) is 5.16. The topological polar surface area (TPSA) is 60.1 Å². The van der Waals surface area contributed by atoms with Gasteiger partial charge < -0.3 is 14.3 Å². The molecule has 1 fully saturated rings. The van der Waals surface area contributed by atoms with Crippen LogP contribution in [0.3, 0.4) is 0 Å². The molecule has 6 heteroatoms. The molecule has 33 heavy (non-hydrogen) atoms. The van der Waals surface area contributed by atoms with Gasteiger partial charge in [-0.3, -0.25) is 4.79 Å². The van der Waals surface area contributed by atoms with Gasteiger partial charge in [0.15, 0.2) is 11.5 Å². The molecule has 2 heterocycles. The van der Waals surface area contributed by atoms with Crippen LogP contribution in [-0.4, -0.2) is 15.5 Å². The van der Waals surface area contributed by atoms with Crippen molar-refractivity contribution in [3.8, 4) is 22.7 Å². The zero-order valence-electron chi connectivity index (χ0n) is 18.8. The summed E-state index contributed by atoms with van der Waals surface area (Å²) < 4.78 is 21.7. The van der Waals surface area contributed by atoms with Gasteiger partial charge in [0.25, 0.3) is 5.91 Å². The first-order valence-electron chi connectivity index (χ1n) is 11.3. The quantitative estimate of drug-likeness (QED) is 0.364. The number of aromatic nitrogens is 2. The van der Waals surface area contributed by atoms with Crippen molar-refractivity contribution in [2.75, 3.05) is 5.32 Å². The van der Waals surface area contributed by atoms with Crippen LogP contribution < -0.4 is 5.32 Å². The van der Waals surface area contributed by atoms with E-state index in [9.17, 15) is 9.18 Å². The molecule has 1 saturated carbocycles. The summed E-state index contributed by atoms with van der Waals surface area (Å²) in [5.74, 6) is 0.212. The summed E-state index contributed by atoms with van der Waals surface area (Å²) in [6.45, 7) is 3.94. The number of nitrogens with one attached hydrogen (secondary N) is 1. The summed E-state index contributed by atoms with van der Waals surface area (Å²) in [7, 11) is 0. The number of nitrogens with zero attached hydrogens (tertiary/aromatic N) is 2. The molecule has 0 saturated heterocycles. The number of imidazole rings is 1. The molecule has 168 valence electrons. The minimum atomic E-state index is -0.301. The first-order valence-corrected chi connectivity index (χ1v) is 11.3. The third-order valence-electron chi connectivity index (χ3n) is 6.33. The summed E-state index contributed by atoms with van der Waals surface area (Å²) in [6, 6.07) is 16.1. The Hall–Kier alpha value is -3.67. The van der Waals surface area contributed by atoms with Gasteiger partial charge in [-0.15, -0.1) is 0 Å². The van der Waals surface area contributed by atoms with Crippen molar-refractivity contribution in [2.24, 2.45) is 0 Å². The molecule has 2 aromatic carbocycles. The minimum absolute atomic E-state index is 0.232. The Morgan fingerprint density at radius 3 is 2.58 bits per heavy atom. The van der Waals surface area contributed by atoms with Crippen LogP contribution in [-0.2, 0) is 0 Å². The number of carbonyl (C=O) groups is 1. The maximum Gasteiger partial charge on any atom is 0.291 e. The SMILES string of the molecule is Cc1ccc(C)c(NC(=O)c2ccc(-c3c(-c4ccc(F)cc4)ncn3C3CCCC3)o2)c1. The summed E-state index contributed by atoms with van der Waals surface area (Å²) >= 11 is 0. The van der Waals surface area contributed by atoms with Crippen molar-refractivity contribution in [3.05, 3.63) is 83.6 Å². The minimum Gasteiger partial charge on any atom is -0.449 e. The van der Waals surface area contributed by atoms with E-state index in [1.807, 2.05) is 44.4 Å². The highest BCUT2D eigenvalue weighted by molar-refractivity contribution is 6.03. The molecule has 0 unspecified atom stereocenters. The van der Waals surface area contributed by atoms with Crippen molar-refractivity contribution in [1.82, 2.24) is 9.55 Å². The molecule has 5 rings (SSSR count). The second kappa shape index (κ2) is 8.70. The molecule has 1 aliphatic carbocycles. The molecule has 0 radical (unpaired) electrons. The van der Waals surface area contributed by atoms with E-state index in [0.29, 0.717) is 11.8 Å². The molecule has 0 spiro atoms. The zero-order valence-corrected chi connectivity index (χ0v) is 18.8. The molecule has 2 aromatic heterocycles. The lowest BCUT2D eigenvalue weighted by Crippen LogP contribution is -2.12. The number of rotatable bonds is 5. The molecular weight excluding hydrogens is 417 g/mol. The number of hydrogen-bond donors (Lipinski definition) is 1. The number of anilines is 1. The first-order chi connectivity index (χ1) is 16.0. The van der Waals surface area contributed by atoms with Crippen LogP contribution in [0.15, 0.2) is 65.3 Å². The van der Waals surface area contributed by atoms with Crippen molar-refractivity contribution < 1.29 is 13.6 Å². The first kappa shape index (κ1) is 21.2. The number of halogens is 1. The molecule has 1 amide bonds. The second-order valence-corrected chi connectivity index (χ2v) is 8.73. The predicted molar refractivity (Wildman–Crippen MR) is 127 cm³/mol. The van der Waals surface area contributed by atoms with Crippen LogP contribution in [0.1, 0.15) is 53.4 Å². The van der Waals surface area contributed by atoms with Crippen LogP contribution >= 0.6 is 0 Å². The fourth-order valence-corrected chi connectivity index (χ4v) is 4.52. The van der Waals surface area contributed by atoms with Gasteiger partial charge in [-0.05, 0) is 80.3 Å². The summed E-state index contributed by atoms with van der Waals surface area (Å²) in [5, 5.41) is 2.95. The number of carbonyl (C=O) groups excluding carboxylic acids is 1. The number of furan rings is 1. The summed E-state index contributed by atoms with van der Waals surface area (Å²) in [6.07, 6.45) is 6.34. The van der Waals surface area contributed by atoms with E-state index in [2.05, 4.69) is 14.9 Å². The van der Waals surface area contributed by atoms with Crippen LogP contribution in [0.5, 0.6) is 0 Å². The highest BCUT2D eigenvalue weighted by Crippen LogP contribution is 2.39. The largest absolute Gasteiger partial charge is 0.449 e. The molecule has 5 nitrogen and oxygen atoms in total. The number of benzene rings is 2. The number of aryl methyl sites for hydroxylation is 2. The third kappa shape index (κ3) is 4.21. The smallest absolute Gasteiger partial charge is 0.291 e. The van der Waals surface area contributed by atoms with Crippen molar-refractivity contribution in [2.45, 2.75) is 45.6 Å². The van der Waals surface area contributed by atoms with E-state index in [0.717, 1.165) is 46.6 Å². The third-order valence-corrected chi connectivity index (χ3v) is 6.33. The van der Waals surface area contributed by atoms with Crippen molar-refractivity contribution in [3.63, 3.8) is 0 Å². The fourth-order valence-electron chi connectivity index (χ4n) is 4.52. The Balaban J connectivity index is 1.51. The zero-order chi connectivity index (χ0) is 22.9. The van der Waals surface area contributed by atoms with Crippen LogP contribution in [0.2, 0.25) is 0 Å². The van der Waals surface area contributed by atoms with E-state index < -0.39 is 0 Å². The Morgan fingerprint density at radius 2 is 1.82 bits per heavy atom. The van der Waals surface area contributed by atoms with Gasteiger partial charge in [0.2, 0.25) is 0 Å². The van der Waals surface area contributed by atoms with Gasteiger partial charge >= 0.3 is 0 Å². The van der Waals surface area contributed by atoms with E-state index in [1.165, 1.54) is 25.0 Å². The Bertz CT molecular complexity index is 1300. The monoisotopic (exact) mass is 443 g/mol. The predicted octanol–water partition coefficient (Wildman–Crippen LogP) is 6.93. The molecule has 1 N–H and O–H groups in total. The van der Waals surface area contributed by atoms with E-state index in [-0.39, 0.29) is 17.5 Å². The highest BCUT2D eigenvalue weighted by atomic mass is 19.1. The highest BCUT2D eigenvalue weighted by Gasteiger charge is 2.26. The average molecular weight is 444 g/mol. The van der Waals surface area contributed by atoms with Gasteiger partial charge in [0, 0.05) is 17.3 Å². The molecule has 1 aliphatic rings. The standard InChI is InChI=1S/C27H26FN3O2/c1-17-7-8-18(2)22(15-17)30-27(32)24-14-13-23(33-24)26-25(19-9-11-20(28)12-10-19)29-16-31(26)21-5-3-4-6-21/h7-16,21H,3-6H2,1-2H3,(H,30,32). The van der Waals surface area contributed by atoms with Gasteiger partial charge in [0.1, 0.15) is 11.5 Å². The Labute approximate surface area is 192 Å². The lowest BCUT2D eigenvalue weighted by atomic mass is 10.1. The van der Waals surface area contributed by atoms with Crippen LogP contribution in [0.25, 0.3) is 22.7 Å². The lowest BCUT2D eigenvalue weighted by Gasteiger charge is -2.15. The fraction of sp³-hybridized carbons (Fsp3) is 0.259.